The molecule has 0 bridgehead atoms. The standard InChI is InChI=1S/C19H16BrClN2O2S/c1-22-19-23(2)18(24)17(26-19)10-13-5-8-16(15(20)9-13)25-11-12-3-6-14(21)7-4-12/h3-10H,11H2,1-2H3/b17-10+,22-19?. The smallest absolute Gasteiger partial charge is 0.266 e. The highest BCUT2D eigenvalue weighted by molar-refractivity contribution is 9.10. The molecule has 1 heterocycles. The van der Waals surface area contributed by atoms with E-state index < -0.39 is 0 Å². The molecule has 1 aliphatic rings. The SMILES string of the molecule is CN=C1S/C(=C/c2ccc(OCc3ccc(Cl)cc3)c(Br)c2)C(=O)N1C. The lowest BCUT2D eigenvalue weighted by Crippen LogP contribution is -2.23. The molecule has 0 radical (unpaired) electrons. The van der Waals surface area contributed by atoms with Crippen LogP contribution in [0.1, 0.15) is 11.1 Å². The molecule has 1 aliphatic heterocycles. The summed E-state index contributed by atoms with van der Waals surface area (Å²) in [7, 11) is 3.40. The Balaban J connectivity index is 1.72. The highest BCUT2D eigenvalue weighted by Gasteiger charge is 2.29. The molecule has 0 atom stereocenters. The van der Waals surface area contributed by atoms with E-state index in [1.165, 1.54) is 11.8 Å². The molecule has 4 nitrogen and oxygen atoms in total. The number of nitrogens with zero attached hydrogens (tertiary/aromatic N) is 2. The summed E-state index contributed by atoms with van der Waals surface area (Å²) in [5, 5.41) is 1.40. The molecule has 7 heteroatoms. The summed E-state index contributed by atoms with van der Waals surface area (Å²) in [4.78, 5) is 18.5. The van der Waals surface area contributed by atoms with E-state index in [-0.39, 0.29) is 5.91 Å². The number of rotatable bonds is 4. The lowest BCUT2D eigenvalue weighted by Gasteiger charge is -2.09. The summed E-state index contributed by atoms with van der Waals surface area (Å²) >= 11 is 10.8. The zero-order chi connectivity index (χ0) is 18.7. The summed E-state index contributed by atoms with van der Waals surface area (Å²) in [5.41, 5.74) is 1.95. The number of amides is 1. The number of halogens is 2. The van der Waals surface area contributed by atoms with Gasteiger partial charge in [-0.1, -0.05) is 29.8 Å². The summed E-state index contributed by atoms with van der Waals surface area (Å²) in [6.45, 7) is 0.450. The molecule has 134 valence electrons. The van der Waals surface area contributed by atoms with Crippen LogP contribution >= 0.6 is 39.3 Å². The van der Waals surface area contributed by atoms with E-state index in [0.29, 0.717) is 21.7 Å². The fourth-order valence-corrected chi connectivity index (χ4v) is 3.93. The first-order valence-electron chi connectivity index (χ1n) is 7.79. The van der Waals surface area contributed by atoms with Gasteiger partial charge in [-0.15, -0.1) is 0 Å². The number of carbonyl (C=O) groups excluding carboxylic acids is 1. The van der Waals surface area contributed by atoms with Crippen LogP contribution in [-0.2, 0) is 11.4 Å². The second-order valence-electron chi connectivity index (χ2n) is 5.59. The van der Waals surface area contributed by atoms with Crippen molar-refractivity contribution in [3.8, 4) is 5.75 Å². The van der Waals surface area contributed by atoms with Gasteiger partial charge in [-0.25, -0.2) is 0 Å². The summed E-state index contributed by atoms with van der Waals surface area (Å²) in [6, 6.07) is 13.3. The van der Waals surface area contributed by atoms with Crippen LogP contribution in [0.4, 0.5) is 0 Å². The minimum Gasteiger partial charge on any atom is -0.488 e. The Labute approximate surface area is 170 Å². The number of thioether (sulfide) groups is 1. The lowest BCUT2D eigenvalue weighted by atomic mass is 10.2. The van der Waals surface area contributed by atoms with Crippen LogP contribution in [0.15, 0.2) is 56.8 Å². The molecule has 0 aromatic heterocycles. The van der Waals surface area contributed by atoms with Crippen molar-refractivity contribution < 1.29 is 9.53 Å². The number of aliphatic imine (C=N–C) groups is 1. The molecule has 2 aromatic carbocycles. The van der Waals surface area contributed by atoms with Crippen molar-refractivity contribution in [1.82, 2.24) is 4.90 Å². The van der Waals surface area contributed by atoms with Crippen molar-refractivity contribution in [2.24, 2.45) is 4.99 Å². The maximum Gasteiger partial charge on any atom is 0.266 e. The van der Waals surface area contributed by atoms with Gasteiger partial charge in [0.05, 0.1) is 9.38 Å². The molecule has 2 aromatic rings. The van der Waals surface area contributed by atoms with E-state index in [9.17, 15) is 4.79 Å². The van der Waals surface area contributed by atoms with Crippen molar-refractivity contribution in [1.29, 1.82) is 0 Å². The van der Waals surface area contributed by atoms with Crippen molar-refractivity contribution in [2.45, 2.75) is 6.61 Å². The first-order valence-corrected chi connectivity index (χ1v) is 9.78. The van der Waals surface area contributed by atoms with E-state index in [1.54, 1.807) is 19.0 Å². The fraction of sp³-hybridized carbons (Fsp3) is 0.158. The minimum atomic E-state index is -0.0465. The molecule has 1 saturated heterocycles. The number of likely N-dealkylation sites (N-methyl/N-ethyl adjacent to an activating group) is 1. The normalized spacial score (nSPS) is 17.4. The maximum absolute atomic E-state index is 12.2. The molecule has 26 heavy (non-hydrogen) atoms. The van der Waals surface area contributed by atoms with Crippen LogP contribution in [-0.4, -0.2) is 30.1 Å². The quantitative estimate of drug-likeness (QED) is 0.599. The van der Waals surface area contributed by atoms with Crippen LogP contribution < -0.4 is 4.74 Å². The second-order valence-corrected chi connectivity index (χ2v) is 7.89. The fourth-order valence-electron chi connectivity index (χ4n) is 2.37. The Bertz CT molecular complexity index is 897. The second kappa shape index (κ2) is 8.29. The molecule has 1 fully saturated rings. The van der Waals surface area contributed by atoms with Gasteiger partial charge in [0.15, 0.2) is 5.17 Å². The third-order valence-corrected chi connectivity index (χ3v) is 5.78. The Kier molecular flexibility index (Phi) is 6.06. The van der Waals surface area contributed by atoms with Gasteiger partial charge < -0.3 is 4.74 Å². The van der Waals surface area contributed by atoms with Gasteiger partial charge in [-0.2, -0.15) is 0 Å². The molecule has 0 N–H and O–H groups in total. The molecule has 0 spiro atoms. The third kappa shape index (κ3) is 4.31. The van der Waals surface area contributed by atoms with Gasteiger partial charge in [0, 0.05) is 19.1 Å². The Morgan fingerprint density at radius 3 is 2.62 bits per heavy atom. The summed E-state index contributed by atoms with van der Waals surface area (Å²) < 4.78 is 6.68. The number of amidine groups is 1. The maximum atomic E-state index is 12.2. The number of carbonyl (C=O) groups is 1. The van der Waals surface area contributed by atoms with Gasteiger partial charge in [0.1, 0.15) is 12.4 Å². The monoisotopic (exact) mass is 450 g/mol. The van der Waals surface area contributed by atoms with Gasteiger partial charge in [-0.05, 0) is 69.2 Å². The summed E-state index contributed by atoms with van der Waals surface area (Å²) in [6.07, 6.45) is 1.86. The highest BCUT2D eigenvalue weighted by atomic mass is 79.9. The molecule has 0 unspecified atom stereocenters. The number of benzene rings is 2. The van der Waals surface area contributed by atoms with Gasteiger partial charge in [0.2, 0.25) is 0 Å². The zero-order valence-corrected chi connectivity index (χ0v) is 17.4. The molecule has 3 rings (SSSR count). The number of hydrogen-bond acceptors (Lipinski definition) is 4. The Morgan fingerprint density at radius 2 is 2.00 bits per heavy atom. The average molecular weight is 452 g/mol. The largest absolute Gasteiger partial charge is 0.488 e. The highest BCUT2D eigenvalue weighted by Crippen LogP contribution is 2.33. The molecular formula is C19H16BrClN2O2S. The van der Waals surface area contributed by atoms with E-state index >= 15 is 0 Å². The molecule has 1 amide bonds. The number of hydrogen-bond donors (Lipinski definition) is 0. The predicted octanol–water partition coefficient (Wildman–Crippen LogP) is 5.21. The van der Waals surface area contributed by atoms with Crippen molar-refractivity contribution in [3.63, 3.8) is 0 Å². The van der Waals surface area contributed by atoms with E-state index in [1.807, 2.05) is 48.5 Å². The van der Waals surface area contributed by atoms with Crippen LogP contribution in [0.5, 0.6) is 5.75 Å². The van der Waals surface area contributed by atoms with Crippen molar-refractivity contribution in [3.05, 3.63) is 68.0 Å². The summed E-state index contributed by atoms with van der Waals surface area (Å²) in [5.74, 6) is 0.690. The van der Waals surface area contributed by atoms with Crippen LogP contribution in [0, 0.1) is 0 Å². The Morgan fingerprint density at radius 1 is 1.27 bits per heavy atom. The lowest BCUT2D eigenvalue weighted by molar-refractivity contribution is -0.121. The van der Waals surface area contributed by atoms with E-state index in [4.69, 9.17) is 16.3 Å². The topological polar surface area (TPSA) is 41.9 Å². The molecular weight excluding hydrogens is 436 g/mol. The van der Waals surface area contributed by atoms with E-state index in [0.717, 1.165) is 21.3 Å². The third-order valence-electron chi connectivity index (χ3n) is 3.76. The minimum absolute atomic E-state index is 0.0465. The van der Waals surface area contributed by atoms with Crippen LogP contribution in [0.2, 0.25) is 5.02 Å². The van der Waals surface area contributed by atoms with Crippen molar-refractivity contribution >= 4 is 56.4 Å². The molecule has 0 aliphatic carbocycles. The van der Waals surface area contributed by atoms with Crippen LogP contribution in [0.25, 0.3) is 6.08 Å². The average Bonchev–Trinajstić information content (AvgIpc) is 2.90. The van der Waals surface area contributed by atoms with Gasteiger partial charge in [-0.3, -0.25) is 14.7 Å². The zero-order valence-electron chi connectivity index (χ0n) is 14.2. The first kappa shape index (κ1) is 19.0. The predicted molar refractivity (Wildman–Crippen MR) is 112 cm³/mol. The van der Waals surface area contributed by atoms with Gasteiger partial charge in [0.25, 0.3) is 5.91 Å². The van der Waals surface area contributed by atoms with E-state index in [2.05, 4.69) is 20.9 Å². The van der Waals surface area contributed by atoms with Gasteiger partial charge >= 0.3 is 0 Å². The number of ether oxygens (including phenoxy) is 1. The Hall–Kier alpha value is -1.76. The van der Waals surface area contributed by atoms with Crippen molar-refractivity contribution in [2.75, 3.05) is 14.1 Å². The van der Waals surface area contributed by atoms with Crippen LogP contribution in [0.3, 0.4) is 0 Å². The molecule has 0 saturated carbocycles. The first-order chi connectivity index (χ1) is 12.5.